The molecule has 8 nitrogen and oxygen atoms in total. The van der Waals surface area contributed by atoms with Crippen LogP contribution < -0.4 is 14.4 Å². The average Bonchev–Trinajstić information content (AvgIpc) is 3.23. The summed E-state index contributed by atoms with van der Waals surface area (Å²) in [7, 11) is -2.19. The smallest absolute Gasteiger partial charge is 0.264 e. The molecule has 1 heterocycles. The lowest BCUT2D eigenvalue weighted by Gasteiger charge is -2.20. The summed E-state index contributed by atoms with van der Waals surface area (Å²) in [5, 5.41) is 7.25. The first-order valence-corrected chi connectivity index (χ1v) is 12.4. The Kier molecular flexibility index (Phi) is 6.88. The fourth-order valence-electron chi connectivity index (χ4n) is 3.44. The minimum absolute atomic E-state index is 0.212. The Labute approximate surface area is 204 Å². The molecule has 0 fully saturated rings. The fraction of sp³-hybridized carbons (Fsp3) is 0.154. The highest BCUT2D eigenvalue weighted by atomic mass is 32.2. The lowest BCUT2D eigenvalue weighted by Crippen LogP contribution is -2.26. The Bertz CT molecular complexity index is 1410. The number of sulfonamides is 1. The number of carbonyl (C=O) groups is 1. The second kappa shape index (κ2) is 10.0. The Morgan fingerprint density at radius 3 is 2.29 bits per heavy atom. The summed E-state index contributed by atoms with van der Waals surface area (Å²) < 4.78 is 34.2. The van der Waals surface area contributed by atoms with Gasteiger partial charge in [-0.1, -0.05) is 35.9 Å². The molecular weight excluding hydrogens is 464 g/mol. The highest BCUT2D eigenvalue weighted by Crippen LogP contribution is 2.25. The van der Waals surface area contributed by atoms with E-state index in [1.807, 2.05) is 44.2 Å². The van der Waals surface area contributed by atoms with Gasteiger partial charge in [-0.25, -0.2) is 13.1 Å². The zero-order valence-corrected chi connectivity index (χ0v) is 20.5. The van der Waals surface area contributed by atoms with Gasteiger partial charge in [0.05, 0.1) is 22.0 Å². The molecule has 0 aliphatic rings. The summed E-state index contributed by atoms with van der Waals surface area (Å²) in [5.74, 6) is 0.642. The third-order valence-electron chi connectivity index (χ3n) is 5.35. The Hall–Kier alpha value is -4.11. The molecule has 1 N–H and O–H groups in total. The third-order valence-corrected chi connectivity index (χ3v) is 7.15. The average molecular weight is 491 g/mol. The molecule has 0 aliphatic carbocycles. The largest absolute Gasteiger partial charge is 0.484 e. The van der Waals surface area contributed by atoms with Gasteiger partial charge in [-0.3, -0.25) is 9.10 Å². The molecule has 9 heteroatoms. The Balaban J connectivity index is 1.38. The second-order valence-electron chi connectivity index (χ2n) is 8.03. The quantitative estimate of drug-likeness (QED) is 0.397. The minimum atomic E-state index is -3.69. The molecule has 0 saturated heterocycles. The first-order valence-electron chi connectivity index (χ1n) is 10.9. The van der Waals surface area contributed by atoms with Crippen LogP contribution in [0.2, 0.25) is 0 Å². The van der Waals surface area contributed by atoms with Gasteiger partial charge in [-0.15, -0.1) is 0 Å². The number of aromatic nitrogens is 2. The molecule has 0 radical (unpaired) electrons. The number of hydrogen-bond donors (Lipinski definition) is 1. The van der Waals surface area contributed by atoms with E-state index < -0.39 is 10.0 Å². The van der Waals surface area contributed by atoms with Crippen molar-refractivity contribution < 1.29 is 17.9 Å². The number of hydrogen-bond acceptors (Lipinski definition) is 5. The summed E-state index contributed by atoms with van der Waals surface area (Å²) in [6.07, 6.45) is 0. The third kappa shape index (κ3) is 5.52. The van der Waals surface area contributed by atoms with Gasteiger partial charge in [0.2, 0.25) is 0 Å². The van der Waals surface area contributed by atoms with Crippen LogP contribution in [-0.4, -0.2) is 37.8 Å². The molecule has 4 rings (SSSR count). The van der Waals surface area contributed by atoms with Crippen LogP contribution in [0.25, 0.3) is 5.69 Å². The Morgan fingerprint density at radius 1 is 0.971 bits per heavy atom. The van der Waals surface area contributed by atoms with Gasteiger partial charge in [-0.2, -0.15) is 5.10 Å². The molecule has 0 atom stereocenters. The number of anilines is 2. The first kappa shape index (κ1) is 24.0. The molecule has 3 aromatic carbocycles. The van der Waals surface area contributed by atoms with Gasteiger partial charge >= 0.3 is 0 Å². The summed E-state index contributed by atoms with van der Waals surface area (Å²) in [5.41, 5.74) is 3.06. The predicted octanol–water partition coefficient (Wildman–Crippen LogP) is 4.33. The van der Waals surface area contributed by atoms with Crippen LogP contribution in [-0.2, 0) is 14.8 Å². The van der Waals surface area contributed by atoms with Gasteiger partial charge in [0.15, 0.2) is 6.61 Å². The van der Waals surface area contributed by atoms with Crippen molar-refractivity contribution >= 4 is 27.4 Å². The van der Waals surface area contributed by atoms with Crippen LogP contribution in [0, 0.1) is 13.8 Å². The van der Waals surface area contributed by atoms with E-state index in [2.05, 4.69) is 10.4 Å². The maximum absolute atomic E-state index is 12.9. The van der Waals surface area contributed by atoms with Crippen molar-refractivity contribution in [2.45, 2.75) is 18.7 Å². The van der Waals surface area contributed by atoms with E-state index in [0.29, 0.717) is 17.3 Å². The van der Waals surface area contributed by atoms with E-state index in [0.717, 1.165) is 16.9 Å². The number of aryl methyl sites for hydroxylation is 2. The van der Waals surface area contributed by atoms with Crippen molar-refractivity contribution in [1.29, 1.82) is 0 Å². The predicted molar refractivity (Wildman–Crippen MR) is 136 cm³/mol. The van der Waals surface area contributed by atoms with Crippen molar-refractivity contribution in [2.75, 3.05) is 23.3 Å². The van der Waals surface area contributed by atoms with Gasteiger partial charge in [0.25, 0.3) is 15.9 Å². The second-order valence-corrected chi connectivity index (χ2v) is 10.0. The molecule has 4 aromatic rings. The number of benzene rings is 3. The molecule has 180 valence electrons. The first-order chi connectivity index (χ1) is 16.7. The summed E-state index contributed by atoms with van der Waals surface area (Å²) in [6.45, 7) is 3.54. The van der Waals surface area contributed by atoms with Crippen LogP contribution in [0.1, 0.15) is 11.3 Å². The number of para-hydroxylation sites is 1. The van der Waals surface area contributed by atoms with E-state index in [1.165, 1.54) is 11.4 Å². The van der Waals surface area contributed by atoms with Crippen molar-refractivity contribution in [1.82, 2.24) is 9.78 Å². The zero-order chi connectivity index (χ0) is 25.0. The summed E-state index contributed by atoms with van der Waals surface area (Å²) in [6, 6.07) is 24.5. The molecular formula is C26H26N4O4S. The maximum atomic E-state index is 12.9. The normalized spacial score (nSPS) is 11.2. The van der Waals surface area contributed by atoms with Gasteiger partial charge < -0.3 is 10.1 Å². The maximum Gasteiger partial charge on any atom is 0.264 e. The SMILES string of the molecule is Cc1ccc(S(=O)(=O)N(C)c2ccc(OCC(=O)Nc3cc(C)nn3-c3ccccc3)cc2)cc1. The number of rotatable bonds is 8. The van der Waals surface area contributed by atoms with Crippen LogP contribution in [0.15, 0.2) is 89.8 Å². The van der Waals surface area contributed by atoms with Gasteiger partial charge in [-0.05, 0) is 62.4 Å². The van der Waals surface area contributed by atoms with E-state index in [1.54, 1.807) is 59.3 Å². The molecule has 0 saturated carbocycles. The highest BCUT2D eigenvalue weighted by molar-refractivity contribution is 7.92. The van der Waals surface area contributed by atoms with Crippen LogP contribution >= 0.6 is 0 Å². The zero-order valence-electron chi connectivity index (χ0n) is 19.7. The molecule has 0 unspecified atom stereocenters. The van der Waals surface area contributed by atoms with E-state index in [-0.39, 0.29) is 17.4 Å². The highest BCUT2D eigenvalue weighted by Gasteiger charge is 2.21. The lowest BCUT2D eigenvalue weighted by atomic mass is 10.2. The number of carbonyl (C=O) groups excluding carboxylic acids is 1. The number of amides is 1. The lowest BCUT2D eigenvalue weighted by molar-refractivity contribution is -0.118. The topological polar surface area (TPSA) is 93.5 Å². The fourth-order valence-corrected chi connectivity index (χ4v) is 4.64. The molecule has 1 aromatic heterocycles. The van der Waals surface area contributed by atoms with Crippen molar-refractivity contribution in [2.24, 2.45) is 0 Å². The van der Waals surface area contributed by atoms with E-state index in [9.17, 15) is 13.2 Å². The van der Waals surface area contributed by atoms with Gasteiger partial charge in [0.1, 0.15) is 11.6 Å². The monoisotopic (exact) mass is 490 g/mol. The summed E-state index contributed by atoms with van der Waals surface area (Å²) >= 11 is 0. The van der Waals surface area contributed by atoms with Crippen molar-refractivity contribution in [3.8, 4) is 11.4 Å². The molecule has 0 aliphatic heterocycles. The standard InChI is InChI=1S/C26H26N4O4S/c1-19-9-15-24(16-10-19)35(32,33)29(3)21-11-13-23(14-12-21)34-18-26(31)27-25-17-20(2)28-30(25)22-7-5-4-6-8-22/h4-17H,18H2,1-3H3,(H,27,31). The minimum Gasteiger partial charge on any atom is -0.484 e. The molecule has 0 spiro atoms. The Morgan fingerprint density at radius 2 is 1.63 bits per heavy atom. The number of nitrogens with one attached hydrogen (secondary N) is 1. The summed E-state index contributed by atoms with van der Waals surface area (Å²) in [4.78, 5) is 12.7. The molecule has 35 heavy (non-hydrogen) atoms. The van der Waals surface area contributed by atoms with Crippen molar-refractivity contribution in [3.05, 3.63) is 96.2 Å². The van der Waals surface area contributed by atoms with Crippen LogP contribution in [0.3, 0.4) is 0 Å². The van der Waals surface area contributed by atoms with E-state index >= 15 is 0 Å². The van der Waals surface area contributed by atoms with Crippen molar-refractivity contribution in [3.63, 3.8) is 0 Å². The van der Waals surface area contributed by atoms with Crippen LogP contribution in [0.4, 0.5) is 11.5 Å². The molecule has 0 bridgehead atoms. The van der Waals surface area contributed by atoms with Crippen LogP contribution in [0.5, 0.6) is 5.75 Å². The number of nitrogens with zero attached hydrogens (tertiary/aromatic N) is 3. The van der Waals surface area contributed by atoms with Gasteiger partial charge in [0, 0.05) is 13.1 Å². The number of ether oxygens (including phenoxy) is 1. The van der Waals surface area contributed by atoms with E-state index in [4.69, 9.17) is 4.74 Å². The molecule has 1 amide bonds.